The van der Waals surface area contributed by atoms with Crippen molar-refractivity contribution < 1.29 is 4.79 Å². The van der Waals surface area contributed by atoms with Crippen LogP contribution in [0.2, 0.25) is 0 Å². The van der Waals surface area contributed by atoms with Gasteiger partial charge in [-0.3, -0.25) is 4.79 Å². The number of rotatable bonds is 4. The molecule has 2 atom stereocenters. The van der Waals surface area contributed by atoms with Crippen LogP contribution in [0.5, 0.6) is 0 Å². The highest BCUT2D eigenvalue weighted by molar-refractivity contribution is 9.09. The lowest BCUT2D eigenvalue weighted by molar-refractivity contribution is -0.120. The van der Waals surface area contributed by atoms with Crippen LogP contribution in [-0.4, -0.2) is 17.3 Å². The number of aryl methyl sites for hydroxylation is 2. The van der Waals surface area contributed by atoms with Gasteiger partial charge in [0.1, 0.15) is 0 Å². The molecule has 1 fully saturated rings. The van der Waals surface area contributed by atoms with Crippen LogP contribution in [0.4, 0.5) is 0 Å². The molecule has 3 heteroatoms. The molecule has 1 amide bonds. The van der Waals surface area contributed by atoms with Crippen molar-refractivity contribution in [2.45, 2.75) is 44.4 Å². The van der Waals surface area contributed by atoms with Crippen LogP contribution < -0.4 is 5.32 Å². The second-order valence-electron chi connectivity index (χ2n) is 5.61. The summed E-state index contributed by atoms with van der Waals surface area (Å²) < 4.78 is 0. The summed E-state index contributed by atoms with van der Waals surface area (Å²) in [4.78, 5) is 12.5. The summed E-state index contributed by atoms with van der Waals surface area (Å²) in [5, 5.41) is 3.07. The first-order valence-corrected chi connectivity index (χ1v) is 7.94. The Balaban J connectivity index is 1.82. The Morgan fingerprint density at radius 2 is 2.11 bits per heavy atom. The van der Waals surface area contributed by atoms with Gasteiger partial charge in [0.15, 0.2) is 0 Å². The topological polar surface area (TPSA) is 29.1 Å². The van der Waals surface area contributed by atoms with Crippen LogP contribution in [-0.2, 0) is 11.2 Å². The van der Waals surface area contributed by atoms with Gasteiger partial charge >= 0.3 is 0 Å². The molecule has 0 aromatic heterocycles. The highest BCUT2D eigenvalue weighted by Crippen LogP contribution is 2.30. The van der Waals surface area contributed by atoms with Crippen molar-refractivity contribution in [1.29, 1.82) is 0 Å². The minimum atomic E-state index is 0.134. The van der Waals surface area contributed by atoms with Crippen molar-refractivity contribution in [3.05, 3.63) is 34.9 Å². The normalized spacial score (nSPS) is 22.5. The Morgan fingerprint density at radius 1 is 1.32 bits per heavy atom. The quantitative estimate of drug-likeness (QED) is 0.844. The summed E-state index contributed by atoms with van der Waals surface area (Å²) in [5.41, 5.74) is 3.63. The first kappa shape index (κ1) is 14.6. The lowest BCUT2D eigenvalue weighted by Gasteiger charge is -2.14. The summed E-state index contributed by atoms with van der Waals surface area (Å²) in [7, 11) is 0. The monoisotopic (exact) mass is 323 g/mol. The first-order chi connectivity index (χ1) is 9.06. The molecule has 1 N–H and O–H groups in total. The van der Waals surface area contributed by atoms with E-state index in [2.05, 4.69) is 47.2 Å². The molecule has 0 aliphatic heterocycles. The standard InChI is InChI=1S/C16H22BrNO/c1-11-6-7-13(8-12(11)2)9-16(19)18-10-14-4-3-5-15(14)17/h6-8,14-15H,3-5,9-10H2,1-2H3,(H,18,19). The zero-order valence-electron chi connectivity index (χ0n) is 11.7. The maximum absolute atomic E-state index is 11.9. The summed E-state index contributed by atoms with van der Waals surface area (Å²) in [6.07, 6.45) is 4.21. The van der Waals surface area contributed by atoms with Gasteiger partial charge in [-0.2, -0.15) is 0 Å². The molecule has 104 valence electrons. The number of amides is 1. The molecule has 0 spiro atoms. The third-order valence-corrected chi connectivity index (χ3v) is 5.27. The van der Waals surface area contributed by atoms with E-state index in [1.807, 2.05) is 6.07 Å². The molecule has 0 heterocycles. The predicted molar refractivity (Wildman–Crippen MR) is 82.7 cm³/mol. The molecule has 1 aromatic rings. The lowest BCUT2D eigenvalue weighted by atomic mass is 10.0. The second-order valence-corrected chi connectivity index (χ2v) is 6.78. The van der Waals surface area contributed by atoms with Crippen molar-refractivity contribution in [3.8, 4) is 0 Å². The zero-order valence-corrected chi connectivity index (χ0v) is 13.3. The summed E-state index contributed by atoms with van der Waals surface area (Å²) in [5.74, 6) is 0.735. The maximum atomic E-state index is 11.9. The third-order valence-electron chi connectivity index (χ3n) is 4.06. The highest BCUT2D eigenvalue weighted by Gasteiger charge is 2.24. The Kier molecular flexibility index (Phi) is 5.03. The average molecular weight is 324 g/mol. The van der Waals surface area contributed by atoms with E-state index in [0.29, 0.717) is 17.2 Å². The zero-order chi connectivity index (χ0) is 13.8. The van der Waals surface area contributed by atoms with E-state index in [4.69, 9.17) is 0 Å². The Hall–Kier alpha value is -0.830. The van der Waals surface area contributed by atoms with Crippen molar-refractivity contribution in [1.82, 2.24) is 5.32 Å². The van der Waals surface area contributed by atoms with Crippen LogP contribution in [0.25, 0.3) is 0 Å². The van der Waals surface area contributed by atoms with Crippen LogP contribution >= 0.6 is 15.9 Å². The third kappa shape index (κ3) is 4.07. The largest absolute Gasteiger partial charge is 0.355 e. The van der Waals surface area contributed by atoms with Crippen LogP contribution in [0.1, 0.15) is 36.0 Å². The Morgan fingerprint density at radius 3 is 2.74 bits per heavy atom. The van der Waals surface area contributed by atoms with Crippen molar-refractivity contribution in [2.24, 2.45) is 5.92 Å². The van der Waals surface area contributed by atoms with E-state index in [9.17, 15) is 4.79 Å². The van der Waals surface area contributed by atoms with E-state index >= 15 is 0 Å². The maximum Gasteiger partial charge on any atom is 0.224 e. The van der Waals surface area contributed by atoms with Crippen LogP contribution in [0.15, 0.2) is 18.2 Å². The molecule has 2 rings (SSSR count). The van der Waals surface area contributed by atoms with E-state index in [0.717, 1.165) is 12.1 Å². The van der Waals surface area contributed by atoms with E-state index in [-0.39, 0.29) is 5.91 Å². The molecule has 2 nitrogen and oxygen atoms in total. The predicted octanol–water partition coefficient (Wildman–Crippen LogP) is 3.53. The van der Waals surface area contributed by atoms with E-state index < -0.39 is 0 Å². The lowest BCUT2D eigenvalue weighted by Crippen LogP contribution is -2.32. The van der Waals surface area contributed by atoms with Gasteiger partial charge in [0, 0.05) is 11.4 Å². The van der Waals surface area contributed by atoms with E-state index in [1.54, 1.807) is 0 Å². The molecule has 1 aromatic carbocycles. The molecule has 0 saturated heterocycles. The number of carbonyl (C=O) groups is 1. The molecular weight excluding hydrogens is 302 g/mol. The summed E-state index contributed by atoms with van der Waals surface area (Å²) >= 11 is 3.69. The minimum absolute atomic E-state index is 0.134. The highest BCUT2D eigenvalue weighted by atomic mass is 79.9. The van der Waals surface area contributed by atoms with Gasteiger partial charge in [0.2, 0.25) is 5.91 Å². The molecular formula is C16H22BrNO. The average Bonchev–Trinajstić information content (AvgIpc) is 2.77. The number of carbonyl (C=O) groups excluding carboxylic acids is 1. The van der Waals surface area contributed by atoms with Gasteiger partial charge in [-0.05, 0) is 49.3 Å². The van der Waals surface area contributed by atoms with Crippen molar-refractivity contribution in [2.75, 3.05) is 6.54 Å². The Bertz CT molecular complexity index is 458. The molecule has 0 radical (unpaired) electrons. The van der Waals surface area contributed by atoms with Crippen molar-refractivity contribution in [3.63, 3.8) is 0 Å². The number of benzene rings is 1. The van der Waals surface area contributed by atoms with Gasteiger partial charge in [0.05, 0.1) is 6.42 Å². The molecule has 19 heavy (non-hydrogen) atoms. The fourth-order valence-electron chi connectivity index (χ4n) is 2.63. The van der Waals surface area contributed by atoms with Crippen LogP contribution in [0, 0.1) is 19.8 Å². The molecule has 2 unspecified atom stereocenters. The molecule has 0 bridgehead atoms. The van der Waals surface area contributed by atoms with Gasteiger partial charge < -0.3 is 5.32 Å². The number of halogens is 1. The number of hydrogen-bond acceptors (Lipinski definition) is 1. The van der Waals surface area contributed by atoms with Gasteiger partial charge in [-0.25, -0.2) is 0 Å². The second kappa shape index (κ2) is 6.56. The first-order valence-electron chi connectivity index (χ1n) is 7.03. The fraction of sp³-hybridized carbons (Fsp3) is 0.562. The molecule has 1 saturated carbocycles. The summed E-state index contributed by atoms with van der Waals surface area (Å²) in [6, 6.07) is 6.24. The Labute approximate surface area is 124 Å². The molecule has 1 aliphatic rings. The van der Waals surface area contributed by atoms with Gasteiger partial charge in [0.25, 0.3) is 0 Å². The SMILES string of the molecule is Cc1ccc(CC(=O)NCC2CCCC2Br)cc1C. The van der Waals surface area contributed by atoms with E-state index in [1.165, 1.54) is 30.4 Å². The minimum Gasteiger partial charge on any atom is -0.355 e. The molecule has 1 aliphatic carbocycles. The van der Waals surface area contributed by atoms with Crippen LogP contribution in [0.3, 0.4) is 0 Å². The number of alkyl halides is 1. The smallest absolute Gasteiger partial charge is 0.224 e. The summed E-state index contributed by atoms with van der Waals surface area (Å²) in [6.45, 7) is 4.99. The fourth-order valence-corrected chi connectivity index (χ4v) is 3.40. The van der Waals surface area contributed by atoms with Gasteiger partial charge in [-0.15, -0.1) is 0 Å². The van der Waals surface area contributed by atoms with Gasteiger partial charge in [-0.1, -0.05) is 40.5 Å². The van der Waals surface area contributed by atoms with Crippen molar-refractivity contribution >= 4 is 21.8 Å². The number of nitrogens with one attached hydrogen (secondary N) is 1. The number of hydrogen-bond donors (Lipinski definition) is 1.